The van der Waals surface area contributed by atoms with Crippen LogP contribution in [0.25, 0.3) is 0 Å². The molecular weight excluding hydrogens is 247 g/mol. The summed E-state index contributed by atoms with van der Waals surface area (Å²) in [5.74, 6) is -0.663. The average molecular weight is 266 g/mol. The molecule has 0 radical (unpaired) electrons. The van der Waals surface area contributed by atoms with E-state index in [0.717, 1.165) is 0 Å². The molecule has 1 heterocycles. The molecule has 2 rings (SSSR count). The molecule has 19 heavy (non-hydrogen) atoms. The minimum Gasteiger partial charge on any atom is -0.464 e. The summed E-state index contributed by atoms with van der Waals surface area (Å²) in [6.45, 7) is 7.44. The van der Waals surface area contributed by atoms with Gasteiger partial charge in [-0.05, 0) is 44.4 Å². The van der Waals surface area contributed by atoms with Gasteiger partial charge in [-0.2, -0.15) is 0 Å². The minimum atomic E-state index is -0.981. The van der Waals surface area contributed by atoms with Gasteiger partial charge in [0, 0.05) is 0 Å². The lowest BCUT2D eigenvalue weighted by atomic mass is 9.85. The van der Waals surface area contributed by atoms with Crippen LogP contribution in [0.3, 0.4) is 0 Å². The van der Waals surface area contributed by atoms with Crippen molar-refractivity contribution in [1.29, 1.82) is 0 Å². The Labute approximate surface area is 112 Å². The number of carbonyl (C=O) groups is 1. The fourth-order valence-corrected chi connectivity index (χ4v) is 2.54. The molecular formula is C15H19FO3. The van der Waals surface area contributed by atoms with E-state index in [9.17, 15) is 9.18 Å². The first kappa shape index (κ1) is 14.0. The summed E-state index contributed by atoms with van der Waals surface area (Å²) < 4.78 is 24.4. The molecule has 1 fully saturated rings. The van der Waals surface area contributed by atoms with Crippen LogP contribution in [0.4, 0.5) is 4.39 Å². The Morgan fingerprint density at radius 3 is 2.63 bits per heavy atom. The number of epoxide rings is 1. The van der Waals surface area contributed by atoms with Gasteiger partial charge < -0.3 is 9.47 Å². The van der Waals surface area contributed by atoms with Gasteiger partial charge in [0.15, 0.2) is 5.60 Å². The third-order valence-corrected chi connectivity index (χ3v) is 3.93. The van der Waals surface area contributed by atoms with E-state index in [-0.39, 0.29) is 11.8 Å². The molecule has 1 saturated heterocycles. The Bertz CT molecular complexity index is 514. The number of halogens is 1. The van der Waals surface area contributed by atoms with Crippen molar-refractivity contribution in [2.24, 2.45) is 0 Å². The van der Waals surface area contributed by atoms with Gasteiger partial charge in [0.1, 0.15) is 11.4 Å². The summed E-state index contributed by atoms with van der Waals surface area (Å²) in [6, 6.07) is 4.93. The average Bonchev–Trinajstić information content (AvgIpc) is 3.01. The molecule has 1 aromatic carbocycles. The first-order valence-corrected chi connectivity index (χ1v) is 6.55. The van der Waals surface area contributed by atoms with Gasteiger partial charge in [-0.15, -0.1) is 0 Å². The first-order valence-electron chi connectivity index (χ1n) is 6.55. The van der Waals surface area contributed by atoms with E-state index >= 15 is 0 Å². The van der Waals surface area contributed by atoms with Crippen molar-refractivity contribution in [3.8, 4) is 0 Å². The summed E-state index contributed by atoms with van der Waals surface area (Å²) in [5.41, 5.74) is -0.537. The van der Waals surface area contributed by atoms with Gasteiger partial charge in [-0.3, -0.25) is 0 Å². The summed E-state index contributed by atoms with van der Waals surface area (Å²) in [4.78, 5) is 12.1. The van der Waals surface area contributed by atoms with Gasteiger partial charge in [-0.25, -0.2) is 9.18 Å². The number of carbonyl (C=O) groups excluding carboxylic acids is 1. The van der Waals surface area contributed by atoms with E-state index in [1.54, 1.807) is 32.9 Å². The Kier molecular flexibility index (Phi) is 3.39. The zero-order chi connectivity index (χ0) is 14.3. The quantitative estimate of drug-likeness (QED) is 0.621. The van der Waals surface area contributed by atoms with Gasteiger partial charge >= 0.3 is 5.97 Å². The maximum Gasteiger partial charge on any atom is 0.341 e. The normalized spacial score (nSPS) is 29.1. The lowest BCUT2D eigenvalue weighted by Crippen LogP contribution is -2.32. The van der Waals surface area contributed by atoms with E-state index in [4.69, 9.17) is 9.47 Å². The van der Waals surface area contributed by atoms with E-state index in [1.165, 1.54) is 6.07 Å². The lowest BCUT2D eigenvalue weighted by Gasteiger charge is -2.15. The second-order valence-corrected chi connectivity index (χ2v) is 5.00. The molecule has 0 saturated carbocycles. The molecule has 0 N–H and O–H groups in total. The summed E-state index contributed by atoms with van der Waals surface area (Å²) in [6.07, 6.45) is 0.498. The molecule has 2 unspecified atom stereocenters. The maximum absolute atomic E-state index is 13.7. The molecule has 0 aliphatic carbocycles. The molecule has 1 aliphatic heterocycles. The van der Waals surface area contributed by atoms with Crippen molar-refractivity contribution >= 4 is 5.97 Å². The Morgan fingerprint density at radius 2 is 2.11 bits per heavy atom. The fourth-order valence-electron chi connectivity index (χ4n) is 2.54. The molecule has 4 heteroatoms. The second-order valence-electron chi connectivity index (χ2n) is 5.00. The predicted molar refractivity (Wildman–Crippen MR) is 69.2 cm³/mol. The predicted octanol–water partition coefficient (Wildman–Crippen LogP) is 3.09. The molecule has 3 nitrogen and oxygen atoms in total. The number of ether oxygens (including phenoxy) is 2. The molecule has 0 aromatic heterocycles. The van der Waals surface area contributed by atoms with E-state index in [2.05, 4.69) is 0 Å². The zero-order valence-corrected chi connectivity index (χ0v) is 11.7. The molecule has 0 spiro atoms. The fraction of sp³-hybridized carbons (Fsp3) is 0.533. The maximum atomic E-state index is 13.7. The van der Waals surface area contributed by atoms with Crippen LogP contribution in [0.15, 0.2) is 18.2 Å². The third kappa shape index (κ3) is 1.94. The van der Waals surface area contributed by atoms with Crippen LogP contribution in [0.1, 0.15) is 38.3 Å². The van der Waals surface area contributed by atoms with E-state index < -0.39 is 11.2 Å². The number of hydrogen-bond donors (Lipinski definition) is 0. The van der Waals surface area contributed by atoms with E-state index in [1.807, 2.05) is 6.92 Å². The molecule has 2 atom stereocenters. The van der Waals surface area contributed by atoms with Crippen molar-refractivity contribution in [1.82, 2.24) is 0 Å². The van der Waals surface area contributed by atoms with E-state index in [0.29, 0.717) is 24.2 Å². The van der Waals surface area contributed by atoms with Crippen LogP contribution >= 0.6 is 0 Å². The topological polar surface area (TPSA) is 38.8 Å². The highest BCUT2D eigenvalue weighted by Crippen LogP contribution is 2.58. The smallest absolute Gasteiger partial charge is 0.341 e. The van der Waals surface area contributed by atoms with Crippen molar-refractivity contribution in [2.45, 2.75) is 45.3 Å². The van der Waals surface area contributed by atoms with Gasteiger partial charge in [0.25, 0.3) is 0 Å². The first-order chi connectivity index (χ1) is 8.91. The highest BCUT2D eigenvalue weighted by molar-refractivity contribution is 5.85. The number of esters is 1. The zero-order valence-electron chi connectivity index (χ0n) is 11.7. The van der Waals surface area contributed by atoms with Crippen LogP contribution in [-0.4, -0.2) is 18.2 Å². The molecule has 0 bridgehead atoms. The second kappa shape index (κ2) is 4.60. The highest BCUT2D eigenvalue weighted by Gasteiger charge is 2.72. The standard InChI is InChI=1S/C15H19FO3/c1-5-15(13(17)18-6-2)14(4,19-15)11-8-7-10(3)12(16)9-11/h7-9H,5-6H2,1-4H3. The van der Waals surface area contributed by atoms with Crippen LogP contribution in [-0.2, 0) is 19.9 Å². The van der Waals surface area contributed by atoms with Crippen molar-refractivity contribution in [3.63, 3.8) is 0 Å². The van der Waals surface area contributed by atoms with Gasteiger partial charge in [0.05, 0.1) is 6.61 Å². The number of rotatable bonds is 4. The van der Waals surface area contributed by atoms with Crippen LogP contribution in [0.2, 0.25) is 0 Å². The number of aryl methyl sites for hydroxylation is 1. The van der Waals surface area contributed by atoms with Gasteiger partial charge in [-0.1, -0.05) is 19.1 Å². The van der Waals surface area contributed by atoms with Crippen molar-refractivity contribution in [2.75, 3.05) is 6.61 Å². The Hall–Kier alpha value is -1.42. The van der Waals surface area contributed by atoms with Crippen LogP contribution in [0, 0.1) is 12.7 Å². The summed E-state index contributed by atoms with van der Waals surface area (Å²) >= 11 is 0. The van der Waals surface area contributed by atoms with Crippen LogP contribution in [0.5, 0.6) is 0 Å². The lowest BCUT2D eigenvalue weighted by molar-refractivity contribution is -0.149. The van der Waals surface area contributed by atoms with Crippen molar-refractivity contribution in [3.05, 3.63) is 35.1 Å². The molecule has 1 aromatic rings. The molecule has 0 amide bonds. The largest absolute Gasteiger partial charge is 0.464 e. The Balaban J connectivity index is 2.34. The number of hydrogen-bond acceptors (Lipinski definition) is 3. The van der Waals surface area contributed by atoms with Gasteiger partial charge in [0.2, 0.25) is 0 Å². The highest BCUT2D eigenvalue weighted by atomic mass is 19.1. The molecule has 1 aliphatic rings. The minimum absolute atomic E-state index is 0.289. The molecule has 104 valence electrons. The van der Waals surface area contributed by atoms with Crippen molar-refractivity contribution < 1.29 is 18.7 Å². The summed E-state index contributed by atoms with van der Waals surface area (Å²) in [5, 5.41) is 0. The SMILES string of the molecule is CCOC(=O)C1(CC)OC1(C)c1ccc(C)c(F)c1. The van der Waals surface area contributed by atoms with Crippen LogP contribution < -0.4 is 0 Å². The monoisotopic (exact) mass is 266 g/mol. The number of benzene rings is 1. The third-order valence-electron chi connectivity index (χ3n) is 3.93. The Morgan fingerprint density at radius 1 is 1.42 bits per heavy atom. The summed E-state index contributed by atoms with van der Waals surface area (Å²) in [7, 11) is 0.